The Morgan fingerprint density at radius 1 is 1.05 bits per heavy atom. The van der Waals surface area contributed by atoms with Crippen molar-refractivity contribution in [2.45, 2.75) is 47.0 Å². The van der Waals surface area contributed by atoms with Crippen molar-refractivity contribution in [2.24, 2.45) is 0 Å². The monoisotopic (exact) mass is 285 g/mol. The van der Waals surface area contributed by atoms with E-state index < -0.39 is 0 Å². The Labute approximate surface area is 126 Å². The van der Waals surface area contributed by atoms with Crippen molar-refractivity contribution in [3.05, 3.63) is 40.7 Å². The standard InChI is InChI=1S/C17H23N3O/c1-10-7-8-11(2)13(9-10)21-15-12(3)14(18)19-16(20-15)17(4,5)6/h7-9H,1-6H3,(H2,18,19,20). The summed E-state index contributed by atoms with van der Waals surface area (Å²) in [6, 6.07) is 6.10. The maximum atomic E-state index is 6.01. The van der Waals surface area contributed by atoms with Crippen molar-refractivity contribution in [3.63, 3.8) is 0 Å². The van der Waals surface area contributed by atoms with Gasteiger partial charge in [-0.25, -0.2) is 4.98 Å². The Kier molecular flexibility index (Phi) is 3.90. The number of benzene rings is 1. The lowest BCUT2D eigenvalue weighted by Gasteiger charge is -2.19. The molecule has 0 atom stereocenters. The lowest BCUT2D eigenvalue weighted by molar-refractivity contribution is 0.439. The number of aryl methyl sites for hydroxylation is 2. The molecule has 4 nitrogen and oxygen atoms in total. The van der Waals surface area contributed by atoms with Crippen LogP contribution in [0.15, 0.2) is 18.2 Å². The third-order valence-electron chi connectivity index (χ3n) is 3.36. The quantitative estimate of drug-likeness (QED) is 0.903. The number of hydrogen-bond donors (Lipinski definition) is 1. The van der Waals surface area contributed by atoms with Crippen LogP contribution in [0, 0.1) is 20.8 Å². The summed E-state index contributed by atoms with van der Waals surface area (Å²) in [6.45, 7) is 12.1. The fraction of sp³-hybridized carbons (Fsp3) is 0.412. The maximum absolute atomic E-state index is 6.01. The second-order valence-electron chi connectivity index (χ2n) is 6.48. The van der Waals surface area contributed by atoms with Gasteiger partial charge in [0.25, 0.3) is 0 Å². The van der Waals surface area contributed by atoms with Crippen LogP contribution in [-0.4, -0.2) is 9.97 Å². The number of anilines is 1. The number of nitrogens with zero attached hydrogens (tertiary/aromatic N) is 2. The largest absolute Gasteiger partial charge is 0.438 e. The Balaban J connectivity index is 2.49. The Hall–Kier alpha value is -2.10. The zero-order valence-corrected chi connectivity index (χ0v) is 13.6. The summed E-state index contributed by atoms with van der Waals surface area (Å²) >= 11 is 0. The summed E-state index contributed by atoms with van der Waals surface area (Å²) in [5.74, 6) is 2.48. The number of rotatable bonds is 2. The van der Waals surface area contributed by atoms with Gasteiger partial charge >= 0.3 is 0 Å². The van der Waals surface area contributed by atoms with E-state index in [1.165, 1.54) is 0 Å². The molecular formula is C17H23N3O. The summed E-state index contributed by atoms with van der Waals surface area (Å²) in [5, 5.41) is 0. The van der Waals surface area contributed by atoms with E-state index in [1.807, 2.05) is 32.9 Å². The van der Waals surface area contributed by atoms with Crippen molar-refractivity contribution >= 4 is 5.82 Å². The van der Waals surface area contributed by atoms with E-state index >= 15 is 0 Å². The molecule has 2 aromatic rings. The van der Waals surface area contributed by atoms with Gasteiger partial charge in [0, 0.05) is 5.41 Å². The predicted octanol–water partition coefficient (Wildman–Crippen LogP) is 4.07. The van der Waals surface area contributed by atoms with Crippen LogP contribution in [0.2, 0.25) is 0 Å². The summed E-state index contributed by atoms with van der Waals surface area (Å²) in [4.78, 5) is 8.93. The van der Waals surface area contributed by atoms with Gasteiger partial charge in [0.1, 0.15) is 17.4 Å². The van der Waals surface area contributed by atoms with Gasteiger partial charge in [0.2, 0.25) is 5.88 Å². The molecule has 0 saturated heterocycles. The molecule has 0 saturated carbocycles. The van der Waals surface area contributed by atoms with Gasteiger partial charge in [0.05, 0.1) is 5.56 Å². The number of aromatic nitrogens is 2. The lowest BCUT2D eigenvalue weighted by atomic mass is 9.95. The van der Waals surface area contributed by atoms with Gasteiger partial charge in [-0.15, -0.1) is 0 Å². The highest BCUT2D eigenvalue weighted by Gasteiger charge is 2.21. The first-order chi connectivity index (χ1) is 9.68. The minimum absolute atomic E-state index is 0.179. The van der Waals surface area contributed by atoms with Crippen LogP contribution in [0.25, 0.3) is 0 Å². The van der Waals surface area contributed by atoms with E-state index in [1.54, 1.807) is 0 Å². The Morgan fingerprint density at radius 3 is 2.33 bits per heavy atom. The Bertz CT molecular complexity index is 672. The number of ether oxygens (including phenoxy) is 1. The number of hydrogen-bond acceptors (Lipinski definition) is 4. The van der Waals surface area contributed by atoms with Crippen LogP contribution in [0.4, 0.5) is 5.82 Å². The average Bonchev–Trinajstić information content (AvgIpc) is 2.37. The number of nitrogens with two attached hydrogens (primary N) is 1. The molecule has 4 heteroatoms. The molecule has 0 unspecified atom stereocenters. The van der Waals surface area contributed by atoms with Gasteiger partial charge in [-0.3, -0.25) is 0 Å². The molecule has 2 rings (SSSR count). The van der Waals surface area contributed by atoms with Crippen LogP contribution >= 0.6 is 0 Å². The third-order valence-corrected chi connectivity index (χ3v) is 3.36. The average molecular weight is 285 g/mol. The van der Waals surface area contributed by atoms with Gasteiger partial charge in [-0.2, -0.15) is 4.98 Å². The molecule has 1 aromatic carbocycles. The highest BCUT2D eigenvalue weighted by atomic mass is 16.5. The highest BCUT2D eigenvalue weighted by molar-refractivity contribution is 5.47. The number of nitrogen functional groups attached to an aromatic ring is 1. The molecule has 0 radical (unpaired) electrons. The molecule has 0 aliphatic rings. The van der Waals surface area contributed by atoms with E-state index in [0.717, 1.165) is 22.4 Å². The molecule has 0 amide bonds. The summed E-state index contributed by atoms with van der Waals surface area (Å²) in [5.41, 5.74) is 8.81. The van der Waals surface area contributed by atoms with Crippen LogP contribution in [0.3, 0.4) is 0 Å². The van der Waals surface area contributed by atoms with E-state index in [-0.39, 0.29) is 5.41 Å². The zero-order valence-electron chi connectivity index (χ0n) is 13.6. The maximum Gasteiger partial charge on any atom is 0.227 e. The SMILES string of the molecule is Cc1ccc(C)c(Oc2nc(C(C)(C)C)nc(N)c2C)c1. The zero-order chi connectivity index (χ0) is 15.8. The van der Waals surface area contributed by atoms with Crippen molar-refractivity contribution in [3.8, 4) is 11.6 Å². The minimum Gasteiger partial charge on any atom is -0.438 e. The van der Waals surface area contributed by atoms with E-state index in [2.05, 4.69) is 36.8 Å². The third kappa shape index (κ3) is 3.32. The Morgan fingerprint density at radius 2 is 1.71 bits per heavy atom. The fourth-order valence-corrected chi connectivity index (χ4v) is 1.87. The molecule has 0 bridgehead atoms. The first-order valence-electron chi connectivity index (χ1n) is 7.08. The molecule has 2 N–H and O–H groups in total. The molecule has 0 fully saturated rings. The first-order valence-corrected chi connectivity index (χ1v) is 7.08. The van der Waals surface area contributed by atoms with Crippen LogP contribution in [-0.2, 0) is 5.41 Å². The minimum atomic E-state index is -0.179. The normalized spacial score (nSPS) is 11.5. The van der Waals surface area contributed by atoms with Gasteiger partial charge in [-0.05, 0) is 38.0 Å². The summed E-state index contributed by atoms with van der Waals surface area (Å²) in [6.07, 6.45) is 0. The smallest absolute Gasteiger partial charge is 0.227 e. The van der Waals surface area contributed by atoms with Crippen molar-refractivity contribution in [1.82, 2.24) is 9.97 Å². The second kappa shape index (κ2) is 5.35. The topological polar surface area (TPSA) is 61.0 Å². The predicted molar refractivity (Wildman–Crippen MR) is 85.9 cm³/mol. The summed E-state index contributed by atoms with van der Waals surface area (Å²) < 4.78 is 6.01. The van der Waals surface area contributed by atoms with E-state index in [4.69, 9.17) is 10.5 Å². The van der Waals surface area contributed by atoms with Crippen molar-refractivity contribution < 1.29 is 4.74 Å². The molecule has 1 heterocycles. The summed E-state index contributed by atoms with van der Waals surface area (Å²) in [7, 11) is 0. The van der Waals surface area contributed by atoms with Crippen molar-refractivity contribution in [2.75, 3.05) is 5.73 Å². The van der Waals surface area contributed by atoms with Gasteiger partial charge in [0.15, 0.2) is 0 Å². The molecule has 112 valence electrons. The lowest BCUT2D eigenvalue weighted by Crippen LogP contribution is -2.18. The fourth-order valence-electron chi connectivity index (χ4n) is 1.87. The molecule has 21 heavy (non-hydrogen) atoms. The molecule has 1 aromatic heterocycles. The van der Waals surface area contributed by atoms with E-state index in [9.17, 15) is 0 Å². The van der Waals surface area contributed by atoms with Crippen molar-refractivity contribution in [1.29, 1.82) is 0 Å². The van der Waals surface area contributed by atoms with Gasteiger partial charge in [-0.1, -0.05) is 32.9 Å². The van der Waals surface area contributed by atoms with Crippen LogP contribution < -0.4 is 10.5 Å². The highest BCUT2D eigenvalue weighted by Crippen LogP contribution is 2.31. The second-order valence-corrected chi connectivity index (χ2v) is 6.48. The van der Waals surface area contributed by atoms with E-state index in [0.29, 0.717) is 17.5 Å². The van der Waals surface area contributed by atoms with Crippen LogP contribution in [0.5, 0.6) is 11.6 Å². The molecular weight excluding hydrogens is 262 g/mol. The molecule has 0 aliphatic heterocycles. The molecule has 0 aliphatic carbocycles. The molecule has 0 spiro atoms. The first kappa shape index (κ1) is 15.3. The van der Waals surface area contributed by atoms with Crippen LogP contribution in [0.1, 0.15) is 43.3 Å². The van der Waals surface area contributed by atoms with Gasteiger partial charge < -0.3 is 10.5 Å².